The second-order valence-electron chi connectivity index (χ2n) is 5.86. The molecule has 0 bridgehead atoms. The summed E-state index contributed by atoms with van der Waals surface area (Å²) in [5.74, 6) is -0.322. The molecule has 7 nitrogen and oxygen atoms in total. The minimum atomic E-state index is -3.55. The number of sulfonamides is 1. The highest BCUT2D eigenvalue weighted by molar-refractivity contribution is 7.99. The second kappa shape index (κ2) is 9.81. The third-order valence-corrected chi connectivity index (χ3v) is 6.96. The summed E-state index contributed by atoms with van der Waals surface area (Å²) in [4.78, 5) is 28.1. The topological polar surface area (TPSA) is 96.4 Å². The van der Waals surface area contributed by atoms with E-state index in [0.29, 0.717) is 29.4 Å². The summed E-state index contributed by atoms with van der Waals surface area (Å²) in [5, 5.41) is 3.25. The molecule has 0 saturated carbocycles. The van der Waals surface area contributed by atoms with E-state index in [-0.39, 0.29) is 22.3 Å². The van der Waals surface area contributed by atoms with Gasteiger partial charge in [-0.15, -0.1) is 0 Å². The van der Waals surface area contributed by atoms with Gasteiger partial charge >= 0.3 is 0 Å². The molecule has 0 fully saturated rings. The molecule has 9 heteroatoms. The van der Waals surface area contributed by atoms with E-state index in [9.17, 15) is 18.0 Å². The van der Waals surface area contributed by atoms with Crippen LogP contribution in [0.2, 0.25) is 0 Å². The first kappa shape index (κ1) is 22.1. The predicted octanol–water partition coefficient (Wildman–Crippen LogP) is 3.05. The number of Topliss-reactive ketones (excluding diaryl/α,β-unsaturated/α-hetero) is 1. The molecule has 150 valence electrons. The molecule has 0 aliphatic rings. The summed E-state index contributed by atoms with van der Waals surface area (Å²) >= 11 is 1.18. The number of hydrogen-bond donors (Lipinski definition) is 1. The van der Waals surface area contributed by atoms with Gasteiger partial charge in [-0.05, 0) is 31.2 Å². The van der Waals surface area contributed by atoms with Crippen LogP contribution in [0.4, 0.5) is 5.69 Å². The van der Waals surface area contributed by atoms with Crippen molar-refractivity contribution in [2.45, 2.75) is 30.7 Å². The van der Waals surface area contributed by atoms with E-state index in [4.69, 9.17) is 0 Å². The number of carbonyl (C=O) groups is 2. The number of pyridine rings is 1. The maximum Gasteiger partial charge on any atom is 0.244 e. The summed E-state index contributed by atoms with van der Waals surface area (Å²) in [5.41, 5.74) is 0.916. The third-order valence-electron chi connectivity index (χ3n) is 3.98. The zero-order valence-corrected chi connectivity index (χ0v) is 17.6. The van der Waals surface area contributed by atoms with Crippen LogP contribution in [0.5, 0.6) is 0 Å². The van der Waals surface area contributed by atoms with Crippen molar-refractivity contribution in [3.63, 3.8) is 0 Å². The molecule has 1 aromatic carbocycles. The van der Waals surface area contributed by atoms with Gasteiger partial charge in [0.1, 0.15) is 4.90 Å². The lowest BCUT2D eigenvalue weighted by Crippen LogP contribution is -2.30. The van der Waals surface area contributed by atoms with Gasteiger partial charge in [-0.2, -0.15) is 4.31 Å². The molecule has 0 saturated heterocycles. The van der Waals surface area contributed by atoms with E-state index in [1.54, 1.807) is 44.2 Å². The van der Waals surface area contributed by atoms with Gasteiger partial charge in [0.25, 0.3) is 0 Å². The number of nitrogens with one attached hydrogen (secondary N) is 1. The second-order valence-corrected chi connectivity index (χ2v) is 8.79. The highest BCUT2D eigenvalue weighted by Crippen LogP contribution is 2.21. The Morgan fingerprint density at radius 3 is 2.36 bits per heavy atom. The molecular weight excluding hydrogens is 398 g/mol. The first-order valence-electron chi connectivity index (χ1n) is 8.78. The predicted molar refractivity (Wildman–Crippen MR) is 110 cm³/mol. The fraction of sp³-hybridized carbons (Fsp3) is 0.316. The lowest BCUT2D eigenvalue weighted by Gasteiger charge is -2.18. The van der Waals surface area contributed by atoms with Crippen LogP contribution in [0.3, 0.4) is 0 Å². The average Bonchev–Trinajstić information content (AvgIpc) is 2.67. The Morgan fingerprint density at radius 2 is 1.79 bits per heavy atom. The lowest BCUT2D eigenvalue weighted by molar-refractivity contribution is -0.113. The average molecular weight is 422 g/mol. The van der Waals surface area contributed by atoms with Crippen molar-refractivity contribution in [3.05, 3.63) is 48.2 Å². The van der Waals surface area contributed by atoms with Crippen LogP contribution in [0, 0.1) is 0 Å². The molecule has 28 heavy (non-hydrogen) atoms. The molecule has 0 radical (unpaired) electrons. The van der Waals surface area contributed by atoms with Crippen molar-refractivity contribution in [1.29, 1.82) is 0 Å². The highest BCUT2D eigenvalue weighted by Gasteiger charge is 2.21. The van der Waals surface area contributed by atoms with Crippen LogP contribution >= 0.6 is 11.8 Å². The fourth-order valence-electron chi connectivity index (χ4n) is 2.54. The Bertz CT molecular complexity index is 940. The molecule has 2 rings (SSSR count). The summed E-state index contributed by atoms with van der Waals surface area (Å²) in [7, 11) is -3.55. The molecule has 1 N–H and O–H groups in total. The zero-order valence-electron chi connectivity index (χ0n) is 16.0. The Balaban J connectivity index is 2.00. The molecule has 0 aliphatic heterocycles. The minimum absolute atomic E-state index is 0.0847. The zero-order chi connectivity index (χ0) is 20.7. The number of amides is 1. The number of aromatic nitrogens is 1. The van der Waals surface area contributed by atoms with Gasteiger partial charge < -0.3 is 5.32 Å². The third kappa shape index (κ3) is 5.40. The van der Waals surface area contributed by atoms with Crippen molar-refractivity contribution >= 4 is 39.2 Å². The Labute approximate surface area is 169 Å². The number of thioether (sulfide) groups is 1. The number of carbonyl (C=O) groups excluding carboxylic acids is 2. The summed E-state index contributed by atoms with van der Waals surface area (Å²) in [6, 6.07) is 9.88. The SMILES string of the molecule is CCN(CC)S(=O)(=O)c1ccc(SCC(=O)Nc2ccccc2C(C)=O)nc1. The van der Waals surface area contributed by atoms with Crippen molar-refractivity contribution in [3.8, 4) is 0 Å². The first-order valence-corrected chi connectivity index (χ1v) is 11.2. The summed E-state index contributed by atoms with van der Waals surface area (Å²) < 4.78 is 26.3. The lowest BCUT2D eigenvalue weighted by atomic mass is 10.1. The molecule has 0 atom stereocenters. The molecule has 0 unspecified atom stereocenters. The van der Waals surface area contributed by atoms with Crippen LogP contribution in [0.25, 0.3) is 0 Å². The van der Waals surface area contributed by atoms with Crippen LogP contribution in [-0.2, 0) is 14.8 Å². The van der Waals surface area contributed by atoms with Gasteiger partial charge in [-0.25, -0.2) is 13.4 Å². The monoisotopic (exact) mass is 421 g/mol. The fourth-order valence-corrected chi connectivity index (χ4v) is 4.59. The molecule has 1 amide bonds. The molecule has 1 aromatic heterocycles. The van der Waals surface area contributed by atoms with Crippen LogP contribution < -0.4 is 5.32 Å². The molecule has 0 spiro atoms. The highest BCUT2D eigenvalue weighted by atomic mass is 32.2. The Kier molecular flexibility index (Phi) is 7.73. The number of ketones is 1. The van der Waals surface area contributed by atoms with Crippen molar-refractivity contribution in [2.24, 2.45) is 0 Å². The number of anilines is 1. The van der Waals surface area contributed by atoms with E-state index >= 15 is 0 Å². The number of para-hydroxylation sites is 1. The maximum absolute atomic E-state index is 12.4. The van der Waals surface area contributed by atoms with E-state index < -0.39 is 10.0 Å². The van der Waals surface area contributed by atoms with Crippen molar-refractivity contribution in [1.82, 2.24) is 9.29 Å². The van der Waals surface area contributed by atoms with Crippen molar-refractivity contribution < 1.29 is 18.0 Å². The standard InChI is InChI=1S/C19H23N3O4S2/c1-4-22(5-2)28(25,26)15-10-11-19(20-12-15)27-13-18(24)21-17-9-7-6-8-16(17)14(3)23/h6-12H,4-5,13H2,1-3H3,(H,21,24). The first-order chi connectivity index (χ1) is 13.3. The van der Waals surface area contributed by atoms with Gasteiger partial charge in [0, 0.05) is 24.8 Å². The van der Waals surface area contributed by atoms with Gasteiger partial charge in [-0.3, -0.25) is 9.59 Å². The Morgan fingerprint density at radius 1 is 1.11 bits per heavy atom. The van der Waals surface area contributed by atoms with Gasteiger partial charge in [-0.1, -0.05) is 37.7 Å². The van der Waals surface area contributed by atoms with Crippen LogP contribution in [-0.4, -0.2) is 48.2 Å². The van der Waals surface area contributed by atoms with Crippen molar-refractivity contribution in [2.75, 3.05) is 24.2 Å². The molecule has 0 aliphatic carbocycles. The number of rotatable bonds is 9. The normalized spacial score (nSPS) is 11.4. The molecule has 2 aromatic rings. The largest absolute Gasteiger partial charge is 0.325 e. The summed E-state index contributed by atoms with van der Waals surface area (Å²) in [6.45, 7) is 5.77. The Hall–Kier alpha value is -2.23. The van der Waals surface area contributed by atoms with E-state index in [2.05, 4.69) is 10.3 Å². The molecular formula is C19H23N3O4S2. The van der Waals surface area contributed by atoms with Gasteiger partial charge in [0.2, 0.25) is 15.9 Å². The van der Waals surface area contributed by atoms with E-state index in [0.717, 1.165) is 0 Å². The quantitative estimate of drug-likeness (QED) is 0.494. The van der Waals surface area contributed by atoms with Crippen LogP contribution in [0.1, 0.15) is 31.1 Å². The van der Waals surface area contributed by atoms with E-state index in [1.807, 2.05) is 0 Å². The number of hydrogen-bond acceptors (Lipinski definition) is 6. The minimum Gasteiger partial charge on any atom is -0.325 e. The van der Waals surface area contributed by atoms with Gasteiger partial charge in [0.05, 0.1) is 16.5 Å². The van der Waals surface area contributed by atoms with E-state index in [1.165, 1.54) is 35.3 Å². The number of benzene rings is 1. The van der Waals surface area contributed by atoms with Gasteiger partial charge in [0.15, 0.2) is 5.78 Å². The number of nitrogens with zero attached hydrogens (tertiary/aromatic N) is 2. The van der Waals surface area contributed by atoms with Crippen LogP contribution in [0.15, 0.2) is 52.5 Å². The summed E-state index contributed by atoms with van der Waals surface area (Å²) in [6.07, 6.45) is 1.30. The smallest absolute Gasteiger partial charge is 0.244 e. The molecule has 1 heterocycles. The maximum atomic E-state index is 12.4.